The Morgan fingerprint density at radius 3 is 0.873 bits per heavy atom. The van der Waals surface area contributed by atoms with Crippen molar-refractivity contribution in [1.82, 2.24) is 27.1 Å². The number of para-hydroxylation sites is 2. The first-order chi connectivity index (χ1) is 59.1. The van der Waals surface area contributed by atoms with Crippen LogP contribution in [0.25, 0.3) is 0 Å². The van der Waals surface area contributed by atoms with Crippen molar-refractivity contribution in [2.45, 2.75) is 103 Å². The third kappa shape index (κ3) is 35.1. The van der Waals surface area contributed by atoms with Crippen LogP contribution in [-0.2, 0) is 24.0 Å². The van der Waals surface area contributed by atoms with E-state index in [2.05, 4.69) is 79.2 Å². The van der Waals surface area contributed by atoms with Gasteiger partial charge in [0.15, 0.2) is 35.0 Å². The number of benzene rings is 10. The van der Waals surface area contributed by atoms with Gasteiger partial charge in [-0.2, -0.15) is 0 Å². The van der Waals surface area contributed by atoms with Crippen LogP contribution in [-0.4, -0.2) is 65.2 Å². The Kier molecular flexibility index (Phi) is 40.0. The third-order valence-electron chi connectivity index (χ3n) is 16.2. The van der Waals surface area contributed by atoms with Gasteiger partial charge >= 0.3 is 0 Å². The molecule has 0 aliphatic carbocycles. The standard InChI is InChI=1S/C19H21ClFN3O2.4C18H18Cl2FN3O/c1-19(2,3)17(25)18(22-16-9-8-12(20)10-15(16)21)24-23-13-6-5-7-14(11-13)26-4;1-18(2,3)16(25)17(22-15-9-6-12(20)10-14(15)21)24-23-13-7-4-11(19)5-8-13;1-18(2,3)16(25)17(22-15-8-7-12(20)10-14(15)21)24-23-13-6-4-5-11(19)9-13;1-18(2,3)16(25)17(22-15-9-8-11(19)10-13(15)21)24-23-14-7-5-4-6-12(14)20;1-11(2)9-17(25)18(22-16-8-7-12(19)10-14(16)21)24-23-15-6-4-3-5-13(15)20/h5-11,23H,1-4H3,(H,22,24);3*4-10,23H,1-3H3,(H,22,24);3-8,10-11,23H,9H2,1-2H3,(H,22,24). The molecule has 21 nitrogen and oxygen atoms in total. The van der Waals surface area contributed by atoms with Crippen LogP contribution in [0.15, 0.2) is 237 Å². The molecule has 10 aromatic carbocycles. The number of nitrogens with zero attached hydrogens (tertiary/aromatic N) is 5. The van der Waals surface area contributed by atoms with Gasteiger partial charge in [-0.1, -0.05) is 238 Å². The van der Waals surface area contributed by atoms with Gasteiger partial charge in [0, 0.05) is 69.3 Å². The molecule has 0 heterocycles. The van der Waals surface area contributed by atoms with Crippen molar-refractivity contribution in [3.8, 4) is 5.75 Å². The molecule has 10 rings (SSSR count). The van der Waals surface area contributed by atoms with Crippen LogP contribution in [0.3, 0.4) is 0 Å². The van der Waals surface area contributed by atoms with Crippen LogP contribution >= 0.6 is 104 Å². The fourth-order valence-corrected chi connectivity index (χ4v) is 11.1. The molecule has 10 aromatic rings. The average molecular weight is 1910 g/mol. The van der Waals surface area contributed by atoms with Gasteiger partial charge in [-0.3, -0.25) is 78.2 Å². The van der Waals surface area contributed by atoms with E-state index >= 15 is 0 Å². The van der Waals surface area contributed by atoms with Crippen LogP contribution in [0.5, 0.6) is 5.75 Å². The average Bonchev–Trinajstić information content (AvgIpc) is 0.843. The second-order valence-corrected chi connectivity index (χ2v) is 35.4. The number of halogens is 14. The van der Waals surface area contributed by atoms with Crippen molar-refractivity contribution >= 4 is 219 Å². The lowest BCUT2D eigenvalue weighted by atomic mass is 9.90. The molecule has 126 heavy (non-hydrogen) atoms. The highest BCUT2D eigenvalue weighted by Gasteiger charge is 2.31. The number of amidine groups is 5. The smallest absolute Gasteiger partial charge is 0.204 e. The molecule has 10 N–H and O–H groups in total. The van der Waals surface area contributed by atoms with E-state index in [4.69, 9.17) is 109 Å². The zero-order chi connectivity index (χ0) is 93.6. The van der Waals surface area contributed by atoms with Crippen LogP contribution < -0.4 is 59.0 Å². The van der Waals surface area contributed by atoms with Crippen molar-refractivity contribution in [3.05, 3.63) is 287 Å². The minimum Gasteiger partial charge on any atom is -0.497 e. The molecule has 0 saturated heterocycles. The van der Waals surface area contributed by atoms with E-state index in [9.17, 15) is 45.9 Å². The third-order valence-corrected chi connectivity index (χ3v) is 18.6. The minimum absolute atomic E-state index is 0.00478. The summed E-state index contributed by atoms with van der Waals surface area (Å²) < 4.78 is 75.3. The molecule has 0 atom stereocenters. The summed E-state index contributed by atoms with van der Waals surface area (Å²) in [6, 6.07) is 55.3. The van der Waals surface area contributed by atoms with Crippen molar-refractivity contribution in [3.63, 3.8) is 0 Å². The Balaban J connectivity index is 0.000000243. The lowest BCUT2D eigenvalue weighted by Gasteiger charge is -2.20. The number of hydrogen-bond donors (Lipinski definition) is 10. The van der Waals surface area contributed by atoms with E-state index < -0.39 is 50.7 Å². The molecule has 0 radical (unpaired) electrons. The summed E-state index contributed by atoms with van der Waals surface area (Å²) in [7, 11) is 1.56. The van der Waals surface area contributed by atoms with E-state index in [1.54, 1.807) is 212 Å². The highest BCUT2D eigenvalue weighted by molar-refractivity contribution is 6.44. The quantitative estimate of drug-likeness (QED) is 0.0123. The van der Waals surface area contributed by atoms with E-state index in [1.807, 2.05) is 13.8 Å². The van der Waals surface area contributed by atoms with Crippen molar-refractivity contribution in [2.75, 3.05) is 34.2 Å². The van der Waals surface area contributed by atoms with Crippen LogP contribution in [0, 0.1) is 56.7 Å². The lowest BCUT2D eigenvalue weighted by Crippen LogP contribution is -2.41. The molecule has 0 amide bonds. The maximum Gasteiger partial charge on any atom is 0.204 e. The molecule has 35 heteroatoms. The number of rotatable bonds is 23. The maximum absolute atomic E-state index is 14.1. The number of hydrogen-bond acceptors (Lipinski definition) is 16. The summed E-state index contributed by atoms with van der Waals surface area (Å²) >= 11 is 52.7. The Morgan fingerprint density at radius 1 is 0.310 bits per heavy atom. The summed E-state index contributed by atoms with van der Waals surface area (Å²) in [4.78, 5) is 83.7. The Bertz CT molecular complexity index is 5640. The van der Waals surface area contributed by atoms with Crippen LogP contribution in [0.1, 0.15) is 103 Å². The van der Waals surface area contributed by atoms with E-state index in [0.29, 0.717) is 54.3 Å². The minimum atomic E-state index is -0.711. The first-order valence-corrected chi connectivity index (χ1v) is 41.6. The zero-order valence-corrected chi connectivity index (χ0v) is 77.8. The molecule has 0 spiro atoms. The van der Waals surface area contributed by atoms with E-state index in [-0.39, 0.29) is 124 Å². The molecule has 0 aliphatic rings. The normalized spacial score (nSPS) is 11.9. The predicted octanol–water partition coefficient (Wildman–Crippen LogP) is 26.3. The molecule has 0 aromatic heterocycles. The number of ketones is 5. The number of ether oxygens (including phenoxy) is 1. The second kappa shape index (κ2) is 48.6. The summed E-state index contributed by atoms with van der Waals surface area (Å²) in [6.07, 6.45) is 0.269. The summed E-state index contributed by atoms with van der Waals surface area (Å²) in [5, 5.41) is 3.35. The number of Topliss-reactive ketones (excluding diaryl/α,β-unsaturated/α-hetero) is 5. The van der Waals surface area contributed by atoms with Crippen molar-refractivity contribution < 1.29 is 50.7 Å². The van der Waals surface area contributed by atoms with Gasteiger partial charge in [0.1, 0.15) is 63.3 Å². The Labute approximate surface area is 774 Å². The summed E-state index contributed by atoms with van der Waals surface area (Å²) in [6.45, 7) is 24.9. The maximum atomic E-state index is 14.1. The van der Waals surface area contributed by atoms with E-state index in [1.165, 1.54) is 60.7 Å². The SMILES string of the molecule is CC(C)(C)C(=O)C(=Nc1ccc(Cl)cc1F)NNc1ccc(Cl)cc1.CC(C)(C)C(=O)C(=Nc1ccc(Cl)cc1F)NNc1cccc(Cl)c1.CC(C)(C)C(=O)C(=Nc1ccc(Cl)cc1F)NNc1ccccc1Cl.CC(C)CC(=O)C(=Nc1ccc(Cl)cc1F)NNc1ccccc1Cl.COc1cccc(NNC(=Nc2ccc(Cl)cc2F)C(=O)C(C)(C)C)c1. The Morgan fingerprint density at radius 2 is 0.579 bits per heavy atom. The number of methoxy groups -OCH3 is 1. The molecular weight excluding hydrogens is 1810 g/mol. The van der Waals surface area contributed by atoms with Crippen LogP contribution in [0.2, 0.25) is 45.2 Å². The second-order valence-electron chi connectivity index (χ2n) is 31.6. The van der Waals surface area contributed by atoms with Gasteiger partial charge in [-0.25, -0.2) is 46.9 Å². The fraction of sp³-hybridized carbons (Fsp3) is 0.231. The molecule has 0 fully saturated rings. The van der Waals surface area contributed by atoms with Gasteiger partial charge in [0.05, 0.1) is 45.6 Å². The highest BCUT2D eigenvalue weighted by atomic mass is 35.5. The van der Waals surface area contributed by atoms with Crippen molar-refractivity contribution in [1.29, 1.82) is 0 Å². The van der Waals surface area contributed by atoms with Crippen molar-refractivity contribution in [2.24, 2.45) is 52.5 Å². The van der Waals surface area contributed by atoms with E-state index in [0.717, 1.165) is 30.3 Å². The summed E-state index contributed by atoms with van der Waals surface area (Å²) in [5.74, 6) is -3.73. The van der Waals surface area contributed by atoms with Gasteiger partial charge in [-0.15, -0.1) is 0 Å². The number of carbonyl (C=O) groups excluding carboxylic acids is 5. The number of hydrazine groups is 5. The fourth-order valence-electron chi connectivity index (χ4n) is 9.62. The van der Waals surface area contributed by atoms with Crippen LogP contribution in [0.4, 0.5) is 78.8 Å². The topological polar surface area (TPSA) is 277 Å². The number of anilines is 5. The first-order valence-electron chi connectivity index (χ1n) is 38.2. The number of aliphatic imine (C=N–C) groups is 5. The molecule has 0 saturated carbocycles. The first kappa shape index (κ1) is 104. The molecule has 666 valence electrons. The van der Waals surface area contributed by atoms with Gasteiger partial charge in [0.2, 0.25) is 23.1 Å². The molecule has 0 bridgehead atoms. The number of carbonyl (C=O) groups is 5. The zero-order valence-electron chi connectivity index (χ0n) is 71.0. The molecule has 0 aliphatic heterocycles. The predicted molar refractivity (Wildman–Crippen MR) is 507 cm³/mol. The van der Waals surface area contributed by atoms with Gasteiger partial charge in [0.25, 0.3) is 0 Å². The lowest BCUT2D eigenvalue weighted by molar-refractivity contribution is -0.120. The number of nitrogens with one attached hydrogen (secondary N) is 10. The molecule has 0 unspecified atom stereocenters. The molecular formula is C91H93Cl9F5N15O6. The highest BCUT2D eigenvalue weighted by Crippen LogP contribution is 2.32. The monoisotopic (exact) mass is 1900 g/mol. The Hall–Kier alpha value is -11.0. The van der Waals surface area contributed by atoms with Gasteiger partial charge in [-0.05, 0) is 176 Å². The van der Waals surface area contributed by atoms with Gasteiger partial charge < -0.3 is 4.74 Å². The largest absolute Gasteiger partial charge is 0.497 e. The summed E-state index contributed by atoms with van der Waals surface area (Å²) in [5.41, 5.74) is 28.4.